The molecule has 0 aromatic rings. The average molecular weight is 768 g/mol. The van der Waals surface area contributed by atoms with Crippen LogP contribution in [0.3, 0.4) is 0 Å². The Morgan fingerprint density at radius 2 is 1.06 bits per heavy atom. The van der Waals surface area contributed by atoms with Gasteiger partial charge in [-0.15, -0.1) is 0 Å². The van der Waals surface area contributed by atoms with Gasteiger partial charge in [-0.1, -0.05) is 186 Å². The topological polar surface area (TPSA) is 149 Å². The molecule has 0 radical (unpaired) electrons. The van der Waals surface area contributed by atoms with E-state index in [0.717, 1.165) is 38.5 Å². The number of rotatable bonds is 37. The van der Waals surface area contributed by atoms with Crippen molar-refractivity contribution in [2.24, 2.45) is 0 Å². The number of hydrogen-bond donors (Lipinski definition) is 6. The van der Waals surface area contributed by atoms with Crippen LogP contribution < -0.4 is 5.32 Å². The molecule has 2 unspecified atom stereocenters. The maximum atomic E-state index is 12.9. The first-order valence-corrected chi connectivity index (χ1v) is 22.6. The number of aliphatic hydroxyl groups excluding tert-OH is 5. The minimum absolute atomic E-state index is 0.186. The minimum Gasteiger partial charge on any atom is -0.394 e. The molecule has 1 aliphatic rings. The van der Waals surface area contributed by atoms with Crippen molar-refractivity contribution in [2.45, 2.75) is 243 Å². The summed E-state index contributed by atoms with van der Waals surface area (Å²) in [5.41, 5.74) is 0. The molecule has 318 valence electrons. The van der Waals surface area contributed by atoms with Crippen LogP contribution in [-0.2, 0) is 14.3 Å². The highest BCUT2D eigenvalue weighted by Crippen LogP contribution is 2.22. The van der Waals surface area contributed by atoms with Crippen LogP contribution in [0.25, 0.3) is 0 Å². The van der Waals surface area contributed by atoms with Crippen LogP contribution >= 0.6 is 0 Å². The van der Waals surface area contributed by atoms with Crippen molar-refractivity contribution in [1.29, 1.82) is 0 Å². The van der Waals surface area contributed by atoms with Crippen molar-refractivity contribution < 1.29 is 39.8 Å². The lowest BCUT2D eigenvalue weighted by Gasteiger charge is -2.40. The van der Waals surface area contributed by atoms with Gasteiger partial charge in [-0.05, 0) is 32.1 Å². The molecule has 1 heterocycles. The Labute approximate surface area is 330 Å². The Morgan fingerprint density at radius 3 is 1.56 bits per heavy atom. The predicted molar refractivity (Wildman–Crippen MR) is 221 cm³/mol. The normalized spacial score (nSPS) is 21.6. The van der Waals surface area contributed by atoms with Crippen molar-refractivity contribution in [3.05, 3.63) is 24.3 Å². The molecule has 1 amide bonds. The molecule has 9 heteroatoms. The highest BCUT2D eigenvalue weighted by atomic mass is 16.7. The van der Waals surface area contributed by atoms with Gasteiger partial charge in [-0.2, -0.15) is 0 Å². The van der Waals surface area contributed by atoms with Gasteiger partial charge in [0.25, 0.3) is 0 Å². The van der Waals surface area contributed by atoms with Gasteiger partial charge >= 0.3 is 0 Å². The third kappa shape index (κ3) is 26.5. The second kappa shape index (κ2) is 36.0. The van der Waals surface area contributed by atoms with Crippen molar-refractivity contribution >= 4 is 5.91 Å². The first-order chi connectivity index (χ1) is 26.3. The number of aliphatic hydroxyl groups is 5. The fraction of sp³-hybridized carbons (Fsp3) is 0.889. The lowest BCUT2D eigenvalue weighted by atomic mass is 9.99. The van der Waals surface area contributed by atoms with Crippen LogP contribution in [0.2, 0.25) is 0 Å². The molecule has 1 rings (SSSR count). The molecule has 54 heavy (non-hydrogen) atoms. The van der Waals surface area contributed by atoms with Gasteiger partial charge in [0.05, 0.1) is 25.4 Å². The Morgan fingerprint density at radius 1 is 0.611 bits per heavy atom. The number of ether oxygens (including phenoxy) is 2. The highest BCUT2D eigenvalue weighted by Gasteiger charge is 2.44. The van der Waals surface area contributed by atoms with Gasteiger partial charge in [0.2, 0.25) is 5.91 Å². The lowest BCUT2D eigenvalue weighted by molar-refractivity contribution is -0.302. The summed E-state index contributed by atoms with van der Waals surface area (Å²) >= 11 is 0. The summed E-state index contributed by atoms with van der Waals surface area (Å²) in [7, 11) is 0. The van der Waals surface area contributed by atoms with E-state index in [9.17, 15) is 30.3 Å². The molecule has 7 atom stereocenters. The van der Waals surface area contributed by atoms with Gasteiger partial charge < -0.3 is 40.3 Å². The zero-order valence-electron chi connectivity index (χ0n) is 34.7. The Kier molecular flexibility index (Phi) is 33.8. The molecule has 0 saturated carbocycles. The summed E-state index contributed by atoms with van der Waals surface area (Å²) in [6, 6.07) is -0.815. The summed E-state index contributed by atoms with van der Waals surface area (Å²) in [6.07, 6.45) is 35.1. The van der Waals surface area contributed by atoms with E-state index < -0.39 is 49.5 Å². The molecule has 0 aromatic heterocycles. The first kappa shape index (κ1) is 50.7. The number of unbranched alkanes of at least 4 members (excludes halogenated alkanes) is 25. The molecule has 0 aromatic carbocycles. The average Bonchev–Trinajstić information content (AvgIpc) is 3.17. The van der Waals surface area contributed by atoms with Crippen molar-refractivity contribution in [1.82, 2.24) is 5.32 Å². The standard InChI is InChI=1S/C45H85NO8/c1-3-5-7-9-11-13-15-17-18-19-20-21-23-25-27-29-31-33-35-41(49)46-38(37-53-45-44(52)43(51)42(50)40(36-47)54-45)39(48)34-32-30-28-26-24-22-16-14-12-10-8-6-4-2/h24,26,32,34,38-40,42-45,47-48,50-52H,3-23,25,27-31,33,35-37H2,1-2H3,(H,46,49)/b26-24+,34-32+/t38-,39+,40-,42-,43?,44?,45-/m0/s1. The number of nitrogens with one attached hydrogen (secondary N) is 1. The maximum absolute atomic E-state index is 12.9. The van der Waals surface area contributed by atoms with E-state index in [-0.39, 0.29) is 12.5 Å². The molecule has 0 bridgehead atoms. The van der Waals surface area contributed by atoms with Crippen molar-refractivity contribution in [3.8, 4) is 0 Å². The molecule has 6 N–H and O–H groups in total. The van der Waals surface area contributed by atoms with E-state index in [1.54, 1.807) is 6.08 Å². The molecule has 1 saturated heterocycles. The summed E-state index contributed by atoms with van der Waals surface area (Å²) < 4.78 is 11.2. The van der Waals surface area contributed by atoms with E-state index in [0.29, 0.717) is 6.42 Å². The number of carbonyl (C=O) groups is 1. The van der Waals surface area contributed by atoms with E-state index in [1.807, 2.05) is 6.08 Å². The van der Waals surface area contributed by atoms with Crippen LogP contribution in [0, 0.1) is 0 Å². The molecule has 1 fully saturated rings. The molecule has 1 aliphatic heterocycles. The minimum atomic E-state index is -1.57. The number of carbonyl (C=O) groups excluding carboxylic acids is 1. The van der Waals surface area contributed by atoms with Crippen molar-refractivity contribution in [2.75, 3.05) is 13.2 Å². The van der Waals surface area contributed by atoms with Gasteiger partial charge in [0.1, 0.15) is 24.4 Å². The monoisotopic (exact) mass is 768 g/mol. The quantitative estimate of drug-likeness (QED) is 0.0271. The Hall–Kier alpha value is -1.33. The maximum Gasteiger partial charge on any atom is 0.220 e. The summed E-state index contributed by atoms with van der Waals surface area (Å²) in [4.78, 5) is 12.9. The molecular weight excluding hydrogens is 682 g/mol. The Balaban J connectivity index is 2.36. The van der Waals surface area contributed by atoms with E-state index >= 15 is 0 Å². The van der Waals surface area contributed by atoms with E-state index in [4.69, 9.17) is 9.47 Å². The molecule has 9 nitrogen and oxygen atoms in total. The SMILES string of the molecule is CCCCCCCCC/C=C/CC/C=C/[C@@H](O)[C@H](CO[C@H]1O[C@@H](CO)[C@H](O)C(O)C1O)NC(=O)CCCCCCCCCCCCCCCCCCCC. The largest absolute Gasteiger partial charge is 0.394 e. The third-order valence-electron chi connectivity index (χ3n) is 10.8. The van der Waals surface area contributed by atoms with Gasteiger partial charge in [-0.3, -0.25) is 4.79 Å². The zero-order chi connectivity index (χ0) is 39.5. The number of amides is 1. The summed E-state index contributed by atoms with van der Waals surface area (Å²) in [6.45, 7) is 3.75. The van der Waals surface area contributed by atoms with Gasteiger partial charge in [0.15, 0.2) is 6.29 Å². The highest BCUT2D eigenvalue weighted by molar-refractivity contribution is 5.76. The van der Waals surface area contributed by atoms with Crippen LogP contribution in [0.15, 0.2) is 24.3 Å². The number of hydrogen-bond acceptors (Lipinski definition) is 8. The molecular formula is C45H85NO8. The predicted octanol–water partition coefficient (Wildman–Crippen LogP) is 9.11. The molecule has 0 aliphatic carbocycles. The molecule has 0 spiro atoms. The van der Waals surface area contributed by atoms with Crippen LogP contribution in [0.4, 0.5) is 0 Å². The van der Waals surface area contributed by atoms with E-state index in [1.165, 1.54) is 141 Å². The fourth-order valence-electron chi connectivity index (χ4n) is 7.11. The van der Waals surface area contributed by atoms with Crippen LogP contribution in [0.1, 0.15) is 200 Å². The van der Waals surface area contributed by atoms with Gasteiger partial charge in [-0.25, -0.2) is 0 Å². The zero-order valence-corrected chi connectivity index (χ0v) is 34.7. The summed E-state index contributed by atoms with van der Waals surface area (Å²) in [5, 5.41) is 54.1. The Bertz CT molecular complexity index is 899. The van der Waals surface area contributed by atoms with E-state index in [2.05, 4.69) is 31.3 Å². The second-order valence-electron chi connectivity index (χ2n) is 15.8. The first-order valence-electron chi connectivity index (χ1n) is 22.6. The smallest absolute Gasteiger partial charge is 0.220 e. The van der Waals surface area contributed by atoms with Crippen molar-refractivity contribution in [3.63, 3.8) is 0 Å². The van der Waals surface area contributed by atoms with Gasteiger partial charge in [0, 0.05) is 6.42 Å². The third-order valence-corrected chi connectivity index (χ3v) is 10.8. The van der Waals surface area contributed by atoms with Crippen LogP contribution in [0.5, 0.6) is 0 Å². The lowest BCUT2D eigenvalue weighted by Crippen LogP contribution is -2.60. The second-order valence-corrected chi connectivity index (χ2v) is 15.8. The number of allylic oxidation sites excluding steroid dienone is 3. The summed E-state index contributed by atoms with van der Waals surface area (Å²) in [5.74, 6) is -0.186. The fourth-order valence-corrected chi connectivity index (χ4v) is 7.11. The van der Waals surface area contributed by atoms with Crippen LogP contribution in [-0.4, -0.2) is 87.5 Å².